The van der Waals surface area contributed by atoms with Crippen LogP contribution in [0.1, 0.15) is 31.7 Å². The van der Waals surface area contributed by atoms with Gasteiger partial charge in [-0.1, -0.05) is 29.3 Å². The van der Waals surface area contributed by atoms with Gasteiger partial charge in [0.2, 0.25) is 0 Å². The highest BCUT2D eigenvalue weighted by Gasteiger charge is 2.58. The van der Waals surface area contributed by atoms with Gasteiger partial charge in [0.1, 0.15) is 47.4 Å². The maximum atomic E-state index is 14.5. The van der Waals surface area contributed by atoms with Gasteiger partial charge in [-0.05, 0) is 32.0 Å². The second-order valence-corrected chi connectivity index (χ2v) is 8.59. The molecule has 2 aromatic heterocycles. The van der Waals surface area contributed by atoms with E-state index in [1.165, 1.54) is 18.5 Å². The Hall–Kier alpha value is -1.81. The first kappa shape index (κ1) is 20.1. The molecule has 10 heteroatoms. The molecule has 4 heterocycles. The van der Waals surface area contributed by atoms with E-state index < -0.39 is 42.2 Å². The van der Waals surface area contributed by atoms with Crippen molar-refractivity contribution in [2.75, 3.05) is 0 Å². The van der Waals surface area contributed by atoms with Crippen LogP contribution in [0.2, 0.25) is 10.2 Å². The predicted octanol–water partition coefficient (Wildman–Crippen LogP) is 4.03. The maximum absolute atomic E-state index is 14.5. The van der Waals surface area contributed by atoms with E-state index in [0.29, 0.717) is 16.2 Å². The van der Waals surface area contributed by atoms with Gasteiger partial charge < -0.3 is 23.9 Å². The molecule has 30 heavy (non-hydrogen) atoms. The number of rotatable bonds is 3. The minimum atomic E-state index is -1.29. The topological polar surface area (TPSA) is 78.6 Å². The zero-order chi connectivity index (χ0) is 21.2. The highest BCUT2D eigenvalue weighted by Crippen LogP contribution is 2.47. The standard InChI is InChI=1S/C20H18Cl2FN3O4/c1-20(2)29-15-14(13(27)10-4-3-9(21)7-12(10)23)28-19(16(15)30-20)26-6-5-11-17(22)24-8-25-18(11)26/h3-8,13-16,19,27H,1-2H3/t13?,14-,15-,16-,19-/m1/s1. The van der Waals surface area contributed by atoms with Crippen LogP contribution in [0, 0.1) is 5.82 Å². The molecule has 0 radical (unpaired) electrons. The van der Waals surface area contributed by atoms with Gasteiger partial charge in [-0.25, -0.2) is 14.4 Å². The summed E-state index contributed by atoms with van der Waals surface area (Å²) in [6.45, 7) is 3.56. The Bertz CT molecular complexity index is 1120. The molecule has 1 aromatic carbocycles. The Balaban J connectivity index is 1.55. The van der Waals surface area contributed by atoms with Gasteiger partial charge in [-0.3, -0.25) is 0 Å². The minimum Gasteiger partial charge on any atom is -0.385 e. The summed E-state index contributed by atoms with van der Waals surface area (Å²) in [5.41, 5.74) is 0.625. The Morgan fingerprint density at radius 1 is 1.17 bits per heavy atom. The molecule has 158 valence electrons. The van der Waals surface area contributed by atoms with E-state index >= 15 is 0 Å². The summed E-state index contributed by atoms with van der Waals surface area (Å²) in [6.07, 6.45) is -0.915. The lowest BCUT2D eigenvalue weighted by molar-refractivity contribution is -0.207. The quantitative estimate of drug-likeness (QED) is 0.603. The summed E-state index contributed by atoms with van der Waals surface area (Å²) in [6, 6.07) is 5.88. The zero-order valence-electron chi connectivity index (χ0n) is 16.0. The molecule has 3 aromatic rings. The van der Waals surface area contributed by atoms with Crippen LogP contribution in [-0.4, -0.2) is 43.7 Å². The number of hydrogen-bond donors (Lipinski definition) is 1. The van der Waals surface area contributed by atoms with E-state index in [1.54, 1.807) is 30.7 Å². The third-order valence-corrected chi connectivity index (χ3v) is 5.93. The number of ether oxygens (including phenoxy) is 3. The molecule has 7 nitrogen and oxygen atoms in total. The van der Waals surface area contributed by atoms with Crippen molar-refractivity contribution in [1.82, 2.24) is 14.5 Å². The molecular formula is C20H18Cl2FN3O4. The van der Waals surface area contributed by atoms with E-state index in [0.717, 1.165) is 6.07 Å². The van der Waals surface area contributed by atoms with Gasteiger partial charge in [0.05, 0.1) is 5.39 Å². The molecule has 5 atom stereocenters. The van der Waals surface area contributed by atoms with Crippen LogP contribution in [0.3, 0.4) is 0 Å². The zero-order valence-corrected chi connectivity index (χ0v) is 17.5. The molecule has 0 amide bonds. The largest absolute Gasteiger partial charge is 0.385 e. The van der Waals surface area contributed by atoms with E-state index in [4.69, 9.17) is 37.4 Å². The van der Waals surface area contributed by atoms with Crippen LogP contribution in [0.4, 0.5) is 4.39 Å². The maximum Gasteiger partial charge on any atom is 0.164 e. The fourth-order valence-electron chi connectivity index (χ4n) is 4.15. The van der Waals surface area contributed by atoms with Crippen molar-refractivity contribution in [1.29, 1.82) is 0 Å². The molecule has 0 bridgehead atoms. The Labute approximate surface area is 181 Å². The third kappa shape index (κ3) is 3.19. The molecule has 2 aliphatic rings. The molecule has 2 aliphatic heterocycles. The van der Waals surface area contributed by atoms with E-state index in [9.17, 15) is 9.50 Å². The highest BCUT2D eigenvalue weighted by atomic mass is 35.5. The van der Waals surface area contributed by atoms with E-state index in [2.05, 4.69) is 9.97 Å². The van der Waals surface area contributed by atoms with Gasteiger partial charge in [0.15, 0.2) is 12.0 Å². The number of nitrogens with zero attached hydrogens (tertiary/aromatic N) is 3. The number of halogens is 3. The average molecular weight is 454 g/mol. The van der Waals surface area contributed by atoms with Gasteiger partial charge in [-0.15, -0.1) is 0 Å². The SMILES string of the molecule is CC1(C)O[C@@H]2[C@H](O1)[C@@H](C(O)c1ccc(Cl)cc1F)O[C@H]2n1ccc2c(Cl)ncnc21. The van der Waals surface area contributed by atoms with Crippen LogP contribution >= 0.6 is 23.2 Å². The summed E-state index contributed by atoms with van der Waals surface area (Å²) in [7, 11) is 0. The lowest BCUT2D eigenvalue weighted by atomic mass is 9.99. The highest BCUT2D eigenvalue weighted by molar-refractivity contribution is 6.33. The third-order valence-electron chi connectivity index (χ3n) is 5.39. The molecule has 5 rings (SSSR count). The van der Waals surface area contributed by atoms with Crippen molar-refractivity contribution >= 4 is 34.2 Å². The monoisotopic (exact) mass is 453 g/mol. The molecule has 2 saturated heterocycles. The summed E-state index contributed by atoms with van der Waals surface area (Å²) in [4.78, 5) is 8.29. The fourth-order valence-corrected chi connectivity index (χ4v) is 4.50. The number of hydrogen-bond acceptors (Lipinski definition) is 6. The second-order valence-electron chi connectivity index (χ2n) is 7.79. The Kier molecular flexibility index (Phi) is 4.77. The number of aliphatic hydroxyl groups excluding tert-OH is 1. The second kappa shape index (κ2) is 7.12. The first-order valence-corrected chi connectivity index (χ1v) is 10.1. The Morgan fingerprint density at radius 2 is 1.93 bits per heavy atom. The van der Waals surface area contributed by atoms with Crippen molar-refractivity contribution in [2.24, 2.45) is 0 Å². The van der Waals surface area contributed by atoms with Crippen LogP contribution in [0.25, 0.3) is 11.0 Å². The first-order chi connectivity index (χ1) is 14.2. The van der Waals surface area contributed by atoms with Gasteiger partial charge in [-0.2, -0.15) is 0 Å². The fraction of sp³-hybridized carbons (Fsp3) is 0.400. The van der Waals surface area contributed by atoms with Gasteiger partial charge in [0, 0.05) is 16.8 Å². The average Bonchev–Trinajstić information content (AvgIpc) is 3.32. The number of aromatic nitrogens is 3. The van der Waals surface area contributed by atoms with Crippen molar-refractivity contribution in [2.45, 2.75) is 50.3 Å². The van der Waals surface area contributed by atoms with Crippen LogP contribution in [0.15, 0.2) is 36.8 Å². The molecule has 0 aliphatic carbocycles. The summed E-state index contributed by atoms with van der Waals surface area (Å²) >= 11 is 12.0. The van der Waals surface area contributed by atoms with Crippen molar-refractivity contribution in [3.05, 3.63) is 58.3 Å². The van der Waals surface area contributed by atoms with Crippen LogP contribution in [-0.2, 0) is 14.2 Å². The minimum absolute atomic E-state index is 0.0693. The lowest BCUT2D eigenvalue weighted by Gasteiger charge is -2.27. The van der Waals surface area contributed by atoms with Crippen molar-refractivity contribution < 1.29 is 23.7 Å². The van der Waals surface area contributed by atoms with Crippen molar-refractivity contribution in [3.8, 4) is 0 Å². The van der Waals surface area contributed by atoms with Crippen molar-refractivity contribution in [3.63, 3.8) is 0 Å². The normalized spacial score (nSPS) is 28.7. The summed E-state index contributed by atoms with van der Waals surface area (Å²) < 4.78 is 34.5. The molecule has 1 unspecified atom stereocenters. The molecule has 0 spiro atoms. The van der Waals surface area contributed by atoms with Gasteiger partial charge >= 0.3 is 0 Å². The van der Waals surface area contributed by atoms with Crippen LogP contribution in [0.5, 0.6) is 0 Å². The Morgan fingerprint density at radius 3 is 2.70 bits per heavy atom. The summed E-state index contributed by atoms with van der Waals surface area (Å²) in [5, 5.41) is 12.2. The number of aliphatic hydroxyl groups is 1. The predicted molar refractivity (Wildman–Crippen MR) is 107 cm³/mol. The molecule has 2 fully saturated rings. The molecule has 0 saturated carbocycles. The number of benzene rings is 1. The smallest absolute Gasteiger partial charge is 0.164 e. The first-order valence-electron chi connectivity index (χ1n) is 9.36. The van der Waals surface area contributed by atoms with Crippen LogP contribution < -0.4 is 0 Å². The number of fused-ring (bicyclic) bond motifs is 2. The molecular weight excluding hydrogens is 436 g/mol. The molecule has 1 N–H and O–H groups in total. The lowest BCUT2D eigenvalue weighted by Crippen LogP contribution is -2.34. The van der Waals surface area contributed by atoms with E-state index in [1.807, 2.05) is 0 Å². The van der Waals surface area contributed by atoms with Gasteiger partial charge in [0.25, 0.3) is 0 Å². The summed E-state index contributed by atoms with van der Waals surface area (Å²) in [5.74, 6) is -1.52. The van der Waals surface area contributed by atoms with E-state index in [-0.39, 0.29) is 10.6 Å².